The van der Waals surface area contributed by atoms with Crippen LogP contribution in [0.25, 0.3) is 11.4 Å². The quantitative estimate of drug-likeness (QED) is 0.370. The Morgan fingerprint density at radius 1 is 1.29 bits per heavy atom. The fourth-order valence-corrected chi connectivity index (χ4v) is 3.19. The highest BCUT2D eigenvalue weighted by Gasteiger charge is 2.17. The van der Waals surface area contributed by atoms with Gasteiger partial charge in [-0.25, -0.2) is 0 Å². The highest BCUT2D eigenvalue weighted by Crippen LogP contribution is 2.27. The van der Waals surface area contributed by atoms with Crippen LogP contribution in [0.5, 0.6) is 0 Å². The van der Waals surface area contributed by atoms with Gasteiger partial charge in [0.1, 0.15) is 5.76 Å². The van der Waals surface area contributed by atoms with Crippen molar-refractivity contribution in [2.75, 3.05) is 5.75 Å². The number of thioether (sulfide) groups is 1. The predicted molar refractivity (Wildman–Crippen MR) is 94.2 cm³/mol. The molecule has 0 amide bonds. The molecule has 0 atom stereocenters. The number of aryl methyl sites for hydroxylation is 1. The molecule has 5 nitrogen and oxygen atoms in total. The topological polar surface area (TPSA) is 60.9 Å². The molecule has 0 bridgehead atoms. The third-order valence-corrected chi connectivity index (χ3v) is 4.52. The van der Waals surface area contributed by atoms with Gasteiger partial charge in [-0.15, -0.1) is 16.8 Å². The largest absolute Gasteiger partial charge is 0.469 e. The minimum absolute atomic E-state index is 0.0646. The average molecular weight is 339 g/mol. The molecule has 0 saturated heterocycles. The van der Waals surface area contributed by atoms with E-state index in [0.717, 1.165) is 17.1 Å². The number of furan rings is 1. The van der Waals surface area contributed by atoms with Gasteiger partial charge in [-0.1, -0.05) is 48.2 Å². The van der Waals surface area contributed by atoms with Crippen LogP contribution in [0.2, 0.25) is 0 Å². The molecule has 0 spiro atoms. The van der Waals surface area contributed by atoms with Crippen LogP contribution >= 0.6 is 11.8 Å². The molecule has 1 aromatic carbocycles. The van der Waals surface area contributed by atoms with Gasteiger partial charge < -0.3 is 4.42 Å². The van der Waals surface area contributed by atoms with Crippen LogP contribution in [0.1, 0.15) is 16.1 Å². The Morgan fingerprint density at radius 3 is 2.75 bits per heavy atom. The number of Topliss-reactive ketones (excluding diaryl/α,β-unsaturated/α-hetero) is 1. The Kier molecular flexibility index (Phi) is 4.96. The van der Waals surface area contributed by atoms with Crippen molar-refractivity contribution >= 4 is 17.5 Å². The van der Waals surface area contributed by atoms with E-state index >= 15 is 0 Å². The summed E-state index contributed by atoms with van der Waals surface area (Å²) in [6, 6.07) is 11.1. The normalized spacial score (nSPS) is 10.7. The SMILES string of the molecule is C=CCn1c(SCC(=O)c2ccccc2)nnc1-c1ccoc1C. The van der Waals surface area contributed by atoms with Crippen LogP contribution in [-0.2, 0) is 6.54 Å². The molecule has 0 unspecified atom stereocenters. The van der Waals surface area contributed by atoms with Gasteiger partial charge in [0.25, 0.3) is 0 Å². The Balaban J connectivity index is 1.81. The molecule has 0 N–H and O–H groups in total. The second kappa shape index (κ2) is 7.31. The summed E-state index contributed by atoms with van der Waals surface area (Å²) in [5.41, 5.74) is 1.59. The fourth-order valence-electron chi connectivity index (χ4n) is 2.34. The van der Waals surface area contributed by atoms with E-state index in [0.29, 0.717) is 23.0 Å². The van der Waals surface area contributed by atoms with E-state index in [1.165, 1.54) is 11.8 Å². The van der Waals surface area contributed by atoms with Gasteiger partial charge >= 0.3 is 0 Å². The van der Waals surface area contributed by atoms with E-state index in [2.05, 4.69) is 16.8 Å². The Labute approximate surface area is 144 Å². The first-order valence-electron chi connectivity index (χ1n) is 7.50. The maximum absolute atomic E-state index is 12.3. The molecule has 3 rings (SSSR count). The zero-order chi connectivity index (χ0) is 16.9. The number of carbonyl (C=O) groups is 1. The number of nitrogens with zero attached hydrogens (tertiary/aromatic N) is 3. The van der Waals surface area contributed by atoms with Crippen molar-refractivity contribution in [2.45, 2.75) is 18.6 Å². The molecule has 2 aromatic heterocycles. The van der Waals surface area contributed by atoms with Crippen LogP contribution in [0.4, 0.5) is 0 Å². The maximum atomic E-state index is 12.3. The zero-order valence-corrected chi connectivity index (χ0v) is 14.1. The van der Waals surface area contributed by atoms with E-state index in [9.17, 15) is 4.79 Å². The Morgan fingerprint density at radius 2 is 2.08 bits per heavy atom. The molecule has 0 aliphatic carbocycles. The molecule has 122 valence electrons. The molecule has 0 saturated carbocycles. The van der Waals surface area contributed by atoms with Gasteiger partial charge in [-0.2, -0.15) is 0 Å². The van der Waals surface area contributed by atoms with Crippen LogP contribution in [0.15, 0.2) is 64.9 Å². The molecule has 0 aliphatic heterocycles. The number of hydrogen-bond donors (Lipinski definition) is 0. The van der Waals surface area contributed by atoms with Crippen molar-refractivity contribution < 1.29 is 9.21 Å². The minimum atomic E-state index is 0.0646. The fraction of sp³-hybridized carbons (Fsp3) is 0.167. The first-order chi connectivity index (χ1) is 11.7. The van der Waals surface area contributed by atoms with Crippen molar-refractivity contribution in [2.24, 2.45) is 0 Å². The van der Waals surface area contributed by atoms with Gasteiger partial charge in [0.2, 0.25) is 0 Å². The highest BCUT2D eigenvalue weighted by atomic mass is 32.2. The second-order valence-corrected chi connectivity index (χ2v) is 6.12. The molecular formula is C18H17N3O2S. The lowest BCUT2D eigenvalue weighted by Gasteiger charge is -2.07. The number of rotatable bonds is 7. The summed E-state index contributed by atoms with van der Waals surface area (Å²) in [5, 5.41) is 9.18. The van der Waals surface area contributed by atoms with Gasteiger partial charge in [0.05, 0.1) is 17.6 Å². The van der Waals surface area contributed by atoms with Crippen molar-refractivity contribution in [1.82, 2.24) is 14.8 Å². The van der Waals surface area contributed by atoms with Gasteiger partial charge in [-0.05, 0) is 13.0 Å². The molecule has 3 aromatic rings. The summed E-state index contributed by atoms with van der Waals surface area (Å²) in [6.07, 6.45) is 3.41. The van der Waals surface area contributed by atoms with E-state index in [1.54, 1.807) is 12.3 Å². The standard InChI is InChI=1S/C18H17N3O2S/c1-3-10-21-17(15-9-11-23-13(15)2)19-20-18(21)24-12-16(22)14-7-5-4-6-8-14/h3-9,11H,1,10,12H2,2H3. The number of aromatic nitrogens is 3. The van der Waals surface area contributed by atoms with E-state index in [1.807, 2.05) is 47.9 Å². The van der Waals surface area contributed by atoms with Crippen LogP contribution in [0, 0.1) is 6.92 Å². The maximum Gasteiger partial charge on any atom is 0.192 e. The highest BCUT2D eigenvalue weighted by molar-refractivity contribution is 7.99. The average Bonchev–Trinajstić information content (AvgIpc) is 3.20. The van der Waals surface area contributed by atoms with Gasteiger partial charge in [0.15, 0.2) is 16.8 Å². The van der Waals surface area contributed by atoms with E-state index in [-0.39, 0.29) is 5.78 Å². The molecule has 0 radical (unpaired) electrons. The number of hydrogen-bond acceptors (Lipinski definition) is 5. The number of benzene rings is 1. The van der Waals surface area contributed by atoms with Crippen LogP contribution in [0.3, 0.4) is 0 Å². The van der Waals surface area contributed by atoms with E-state index in [4.69, 9.17) is 4.42 Å². The lowest BCUT2D eigenvalue weighted by atomic mass is 10.2. The molecule has 24 heavy (non-hydrogen) atoms. The first-order valence-corrected chi connectivity index (χ1v) is 8.49. The molecule has 0 fully saturated rings. The van der Waals surface area contributed by atoms with Crippen molar-refractivity contribution in [3.8, 4) is 11.4 Å². The summed E-state index contributed by atoms with van der Waals surface area (Å²) >= 11 is 1.38. The van der Waals surface area contributed by atoms with Gasteiger partial charge in [-0.3, -0.25) is 9.36 Å². The van der Waals surface area contributed by atoms with Crippen LogP contribution < -0.4 is 0 Å². The van der Waals surface area contributed by atoms with Crippen molar-refractivity contribution in [1.29, 1.82) is 0 Å². The van der Waals surface area contributed by atoms with Gasteiger partial charge in [0, 0.05) is 12.1 Å². The minimum Gasteiger partial charge on any atom is -0.469 e. The summed E-state index contributed by atoms with van der Waals surface area (Å²) in [5.74, 6) is 1.87. The molecule has 0 aliphatic rings. The Bertz CT molecular complexity index is 852. The summed E-state index contributed by atoms with van der Waals surface area (Å²) in [6.45, 7) is 6.24. The third kappa shape index (κ3) is 3.33. The Hall–Kier alpha value is -2.60. The summed E-state index contributed by atoms with van der Waals surface area (Å²) < 4.78 is 7.29. The smallest absolute Gasteiger partial charge is 0.192 e. The second-order valence-electron chi connectivity index (χ2n) is 5.17. The molecule has 6 heteroatoms. The molecule has 2 heterocycles. The number of allylic oxidation sites excluding steroid dienone is 1. The van der Waals surface area contributed by atoms with Crippen LogP contribution in [-0.4, -0.2) is 26.3 Å². The number of carbonyl (C=O) groups excluding carboxylic acids is 1. The van der Waals surface area contributed by atoms with Crippen molar-refractivity contribution in [3.05, 3.63) is 66.6 Å². The zero-order valence-electron chi connectivity index (χ0n) is 13.3. The lowest BCUT2D eigenvalue weighted by Crippen LogP contribution is -2.05. The lowest BCUT2D eigenvalue weighted by molar-refractivity contribution is 0.102. The van der Waals surface area contributed by atoms with Crippen molar-refractivity contribution in [3.63, 3.8) is 0 Å². The monoisotopic (exact) mass is 339 g/mol. The predicted octanol–water partition coefficient (Wildman–Crippen LogP) is 4.01. The number of ketones is 1. The first kappa shape index (κ1) is 16.3. The third-order valence-electron chi connectivity index (χ3n) is 3.56. The molecular weight excluding hydrogens is 322 g/mol. The van der Waals surface area contributed by atoms with E-state index < -0.39 is 0 Å². The summed E-state index contributed by atoms with van der Waals surface area (Å²) in [4.78, 5) is 12.3. The summed E-state index contributed by atoms with van der Waals surface area (Å²) in [7, 11) is 0.